The van der Waals surface area contributed by atoms with E-state index in [0.29, 0.717) is 18.2 Å². The molecule has 0 atom stereocenters. The molecule has 2 N–H and O–H groups in total. The predicted octanol–water partition coefficient (Wildman–Crippen LogP) is 3.76. The van der Waals surface area contributed by atoms with Crippen molar-refractivity contribution in [3.63, 3.8) is 0 Å². The molecule has 0 spiro atoms. The standard InChI is InChI=1S/C24H29N7O2/c1-25-19-11-20(22(32-5)13-23(19)33-9-8-30(2)3)29-24-12-18(26-15-27-24)16-6-7-17-14-28-31(4)21(17)10-16/h6-7,10-15,25H,8-9H2,1-5H3,(H,26,27,29). The molecule has 0 aliphatic rings. The third-order valence-electron chi connectivity index (χ3n) is 5.34. The molecule has 0 aliphatic carbocycles. The Kier molecular flexibility index (Phi) is 6.60. The second kappa shape index (κ2) is 9.74. The summed E-state index contributed by atoms with van der Waals surface area (Å²) in [6.45, 7) is 1.40. The molecule has 4 aromatic rings. The van der Waals surface area contributed by atoms with Crippen LogP contribution >= 0.6 is 0 Å². The summed E-state index contributed by atoms with van der Waals surface area (Å²) in [6.07, 6.45) is 3.40. The van der Waals surface area contributed by atoms with Crippen LogP contribution in [0.4, 0.5) is 17.2 Å². The van der Waals surface area contributed by atoms with Crippen molar-refractivity contribution >= 4 is 28.1 Å². The molecule has 4 rings (SSSR count). The van der Waals surface area contributed by atoms with E-state index in [1.807, 2.05) is 69.4 Å². The van der Waals surface area contributed by atoms with Crippen LogP contribution < -0.4 is 20.1 Å². The molecule has 33 heavy (non-hydrogen) atoms. The minimum Gasteiger partial charge on any atom is -0.494 e. The Labute approximate surface area is 193 Å². The first-order valence-electron chi connectivity index (χ1n) is 10.7. The fraction of sp³-hybridized carbons (Fsp3) is 0.292. The number of methoxy groups -OCH3 is 1. The zero-order valence-corrected chi connectivity index (χ0v) is 19.6. The van der Waals surface area contributed by atoms with Crippen molar-refractivity contribution in [3.8, 4) is 22.8 Å². The molecule has 0 saturated heterocycles. The lowest BCUT2D eigenvalue weighted by Crippen LogP contribution is -2.19. The Hall–Kier alpha value is -3.85. The highest BCUT2D eigenvalue weighted by atomic mass is 16.5. The second-order valence-electron chi connectivity index (χ2n) is 7.91. The Morgan fingerprint density at radius 2 is 1.88 bits per heavy atom. The van der Waals surface area contributed by atoms with E-state index >= 15 is 0 Å². The minimum absolute atomic E-state index is 0.577. The summed E-state index contributed by atoms with van der Waals surface area (Å²) in [5, 5.41) is 12.0. The minimum atomic E-state index is 0.577. The summed E-state index contributed by atoms with van der Waals surface area (Å²) in [7, 11) is 9.46. The fourth-order valence-corrected chi connectivity index (χ4v) is 3.51. The SMILES string of the molecule is CNc1cc(Nc2cc(-c3ccc4cnn(C)c4c3)ncn2)c(OC)cc1OCCN(C)C. The van der Waals surface area contributed by atoms with E-state index in [2.05, 4.69) is 36.7 Å². The van der Waals surface area contributed by atoms with Gasteiger partial charge in [-0.3, -0.25) is 4.68 Å². The van der Waals surface area contributed by atoms with Crippen molar-refractivity contribution in [2.45, 2.75) is 0 Å². The number of nitrogens with one attached hydrogen (secondary N) is 2. The number of hydrogen-bond acceptors (Lipinski definition) is 8. The van der Waals surface area contributed by atoms with Gasteiger partial charge in [0.15, 0.2) is 0 Å². The largest absolute Gasteiger partial charge is 0.494 e. The fourth-order valence-electron chi connectivity index (χ4n) is 3.51. The summed E-state index contributed by atoms with van der Waals surface area (Å²) in [5.74, 6) is 2.05. The van der Waals surface area contributed by atoms with Crippen LogP contribution in [0.5, 0.6) is 11.5 Å². The number of hydrogen-bond donors (Lipinski definition) is 2. The zero-order chi connectivity index (χ0) is 23.4. The first-order valence-corrected chi connectivity index (χ1v) is 10.7. The summed E-state index contributed by atoms with van der Waals surface area (Å²) in [4.78, 5) is 10.9. The van der Waals surface area contributed by atoms with Gasteiger partial charge in [-0.25, -0.2) is 9.97 Å². The van der Waals surface area contributed by atoms with Crippen LogP contribution in [0, 0.1) is 0 Å². The normalized spacial score (nSPS) is 11.1. The van der Waals surface area contributed by atoms with Crippen molar-refractivity contribution in [2.75, 3.05) is 52.0 Å². The molecule has 9 nitrogen and oxygen atoms in total. The third kappa shape index (κ3) is 4.98. The van der Waals surface area contributed by atoms with Gasteiger partial charge >= 0.3 is 0 Å². The Balaban J connectivity index is 1.61. The van der Waals surface area contributed by atoms with Crippen molar-refractivity contribution in [1.82, 2.24) is 24.6 Å². The van der Waals surface area contributed by atoms with Crippen LogP contribution in [0.2, 0.25) is 0 Å². The molecule has 2 aromatic carbocycles. The van der Waals surface area contributed by atoms with Crippen LogP contribution in [0.25, 0.3) is 22.2 Å². The number of rotatable bonds is 9. The highest BCUT2D eigenvalue weighted by Crippen LogP contribution is 2.38. The number of aryl methyl sites for hydroxylation is 1. The highest BCUT2D eigenvalue weighted by Gasteiger charge is 2.13. The highest BCUT2D eigenvalue weighted by molar-refractivity contribution is 5.84. The molecule has 0 aliphatic heterocycles. The van der Waals surface area contributed by atoms with E-state index in [1.165, 1.54) is 0 Å². The lowest BCUT2D eigenvalue weighted by atomic mass is 10.1. The molecule has 0 radical (unpaired) electrons. The van der Waals surface area contributed by atoms with Gasteiger partial charge in [0.05, 0.1) is 35.9 Å². The molecule has 172 valence electrons. The average Bonchev–Trinajstić information content (AvgIpc) is 3.19. The number of benzene rings is 2. The van der Waals surface area contributed by atoms with Crippen molar-refractivity contribution in [1.29, 1.82) is 0 Å². The van der Waals surface area contributed by atoms with E-state index in [4.69, 9.17) is 9.47 Å². The third-order valence-corrected chi connectivity index (χ3v) is 5.34. The second-order valence-corrected chi connectivity index (χ2v) is 7.91. The number of anilines is 3. The van der Waals surface area contributed by atoms with Gasteiger partial charge in [-0.2, -0.15) is 5.10 Å². The number of fused-ring (bicyclic) bond motifs is 1. The maximum absolute atomic E-state index is 5.96. The van der Waals surface area contributed by atoms with Crippen LogP contribution in [0.3, 0.4) is 0 Å². The summed E-state index contributed by atoms with van der Waals surface area (Å²) in [6, 6.07) is 11.9. The summed E-state index contributed by atoms with van der Waals surface area (Å²) >= 11 is 0. The monoisotopic (exact) mass is 447 g/mol. The molecule has 2 aromatic heterocycles. The van der Waals surface area contributed by atoms with Gasteiger partial charge in [0.2, 0.25) is 0 Å². The van der Waals surface area contributed by atoms with Crippen LogP contribution in [-0.4, -0.2) is 66.1 Å². The van der Waals surface area contributed by atoms with E-state index in [0.717, 1.165) is 45.8 Å². The molecule has 9 heteroatoms. The van der Waals surface area contributed by atoms with Crippen molar-refractivity contribution in [2.24, 2.45) is 7.05 Å². The predicted molar refractivity (Wildman–Crippen MR) is 132 cm³/mol. The quantitative estimate of drug-likeness (QED) is 0.401. The first kappa shape index (κ1) is 22.3. The molecule has 0 bridgehead atoms. The van der Waals surface area contributed by atoms with Gasteiger partial charge in [-0.15, -0.1) is 0 Å². The Bertz CT molecular complexity index is 1250. The smallest absolute Gasteiger partial charge is 0.146 e. The molecular weight excluding hydrogens is 418 g/mol. The molecule has 0 fully saturated rings. The number of ether oxygens (including phenoxy) is 2. The van der Waals surface area contributed by atoms with Gasteiger partial charge in [-0.1, -0.05) is 12.1 Å². The number of nitrogens with zero attached hydrogens (tertiary/aromatic N) is 5. The lowest BCUT2D eigenvalue weighted by Gasteiger charge is -2.18. The van der Waals surface area contributed by atoms with Gasteiger partial charge in [-0.05, 0) is 26.2 Å². The van der Waals surface area contributed by atoms with Crippen molar-refractivity contribution < 1.29 is 9.47 Å². The molecule has 2 heterocycles. The van der Waals surface area contributed by atoms with E-state index in [-0.39, 0.29) is 0 Å². The molecule has 0 saturated carbocycles. The van der Waals surface area contributed by atoms with Crippen LogP contribution in [0.15, 0.2) is 48.9 Å². The first-order chi connectivity index (χ1) is 16.0. The van der Waals surface area contributed by atoms with E-state index in [1.54, 1.807) is 13.4 Å². The molecular formula is C24H29N7O2. The number of likely N-dealkylation sites (N-methyl/N-ethyl adjacent to an activating group) is 1. The van der Waals surface area contributed by atoms with Crippen molar-refractivity contribution in [3.05, 3.63) is 48.9 Å². The van der Waals surface area contributed by atoms with Crippen LogP contribution in [-0.2, 0) is 7.05 Å². The lowest BCUT2D eigenvalue weighted by molar-refractivity contribution is 0.261. The summed E-state index contributed by atoms with van der Waals surface area (Å²) in [5.41, 5.74) is 4.48. The molecule has 0 amide bonds. The summed E-state index contributed by atoms with van der Waals surface area (Å²) < 4.78 is 13.4. The van der Waals surface area contributed by atoms with E-state index in [9.17, 15) is 0 Å². The Morgan fingerprint density at radius 3 is 2.64 bits per heavy atom. The van der Waals surface area contributed by atoms with Gasteiger partial charge < -0.3 is 25.0 Å². The molecule has 0 unspecified atom stereocenters. The maximum atomic E-state index is 5.96. The van der Waals surface area contributed by atoms with Crippen LogP contribution in [0.1, 0.15) is 0 Å². The van der Waals surface area contributed by atoms with Gasteiger partial charge in [0, 0.05) is 43.7 Å². The zero-order valence-electron chi connectivity index (χ0n) is 19.6. The number of aromatic nitrogens is 4. The Morgan fingerprint density at radius 1 is 1.03 bits per heavy atom. The maximum Gasteiger partial charge on any atom is 0.146 e. The topological polar surface area (TPSA) is 89.4 Å². The average molecular weight is 448 g/mol. The van der Waals surface area contributed by atoms with E-state index < -0.39 is 0 Å². The van der Waals surface area contributed by atoms with Gasteiger partial charge in [0.25, 0.3) is 0 Å². The van der Waals surface area contributed by atoms with Gasteiger partial charge in [0.1, 0.15) is 30.3 Å².